The van der Waals surface area contributed by atoms with Gasteiger partial charge in [0.1, 0.15) is 0 Å². The number of ketones is 1. The molecule has 5 rings (SSSR count). The highest BCUT2D eigenvalue weighted by Crippen LogP contribution is 2.38. The first-order valence-electron chi connectivity index (χ1n) is 12.0. The highest BCUT2D eigenvalue weighted by atomic mass is 16.2. The van der Waals surface area contributed by atoms with E-state index in [9.17, 15) is 14.4 Å². The Morgan fingerprint density at radius 2 is 1.54 bits per heavy atom. The van der Waals surface area contributed by atoms with Gasteiger partial charge in [0, 0.05) is 36.9 Å². The number of benzene rings is 3. The lowest BCUT2D eigenvalue weighted by atomic mass is 9.95. The van der Waals surface area contributed by atoms with E-state index in [0.29, 0.717) is 27.8 Å². The molecule has 0 saturated carbocycles. The molecule has 0 bridgehead atoms. The third-order valence-corrected chi connectivity index (χ3v) is 6.52. The number of hydrogen-bond acceptors (Lipinski definition) is 3. The standard InChI is InChI=1S/C32H26N2O3/c1-21-13-15-23(16-14-21)32(37)29-26(17-18-28(36)33(2)3)30(22-9-5-4-6-10-22)34-27-12-8-7-11-24(27)19-25(20-35)31(29)34/h4-20H,1-3H3/b18-17+. The van der Waals surface area contributed by atoms with Gasteiger partial charge in [-0.25, -0.2) is 0 Å². The third kappa shape index (κ3) is 4.25. The van der Waals surface area contributed by atoms with Gasteiger partial charge in [-0.15, -0.1) is 0 Å². The molecule has 0 unspecified atom stereocenters. The summed E-state index contributed by atoms with van der Waals surface area (Å²) in [6.07, 6.45) is 3.96. The van der Waals surface area contributed by atoms with E-state index >= 15 is 0 Å². The maximum absolute atomic E-state index is 14.2. The molecule has 5 heteroatoms. The van der Waals surface area contributed by atoms with Gasteiger partial charge in [0.15, 0.2) is 12.1 Å². The second-order valence-electron chi connectivity index (χ2n) is 9.22. The van der Waals surface area contributed by atoms with E-state index in [-0.39, 0.29) is 11.7 Å². The van der Waals surface area contributed by atoms with Crippen molar-refractivity contribution in [3.63, 3.8) is 0 Å². The quantitative estimate of drug-likeness (QED) is 0.163. The second kappa shape index (κ2) is 9.70. The van der Waals surface area contributed by atoms with Crippen LogP contribution in [-0.4, -0.2) is 41.4 Å². The zero-order valence-electron chi connectivity index (χ0n) is 20.9. The molecule has 3 aromatic carbocycles. The summed E-state index contributed by atoms with van der Waals surface area (Å²) in [5.74, 6) is -0.418. The number of para-hydroxylation sites is 1. The van der Waals surface area contributed by atoms with Crippen LogP contribution in [0.2, 0.25) is 0 Å². The van der Waals surface area contributed by atoms with Crippen LogP contribution in [0.25, 0.3) is 33.8 Å². The van der Waals surface area contributed by atoms with Crippen molar-refractivity contribution >= 4 is 40.5 Å². The number of fused-ring (bicyclic) bond motifs is 3. The van der Waals surface area contributed by atoms with E-state index in [2.05, 4.69) is 0 Å². The lowest BCUT2D eigenvalue weighted by molar-refractivity contribution is -0.123. The molecule has 1 amide bonds. The summed E-state index contributed by atoms with van der Waals surface area (Å²) in [6.45, 7) is 1.97. The first-order chi connectivity index (χ1) is 17.9. The summed E-state index contributed by atoms with van der Waals surface area (Å²) in [5, 5.41) is 0.874. The van der Waals surface area contributed by atoms with E-state index in [1.54, 1.807) is 32.3 Å². The number of amides is 1. The van der Waals surface area contributed by atoms with Gasteiger partial charge < -0.3 is 9.30 Å². The second-order valence-corrected chi connectivity index (χ2v) is 9.22. The average Bonchev–Trinajstić information content (AvgIpc) is 3.27. The Bertz CT molecular complexity index is 1690. The maximum atomic E-state index is 14.2. The maximum Gasteiger partial charge on any atom is 0.246 e. The largest absolute Gasteiger partial charge is 0.345 e. The Hall–Kier alpha value is -4.77. The Morgan fingerprint density at radius 1 is 0.865 bits per heavy atom. The van der Waals surface area contributed by atoms with Crippen LogP contribution >= 0.6 is 0 Å². The summed E-state index contributed by atoms with van der Waals surface area (Å²) in [7, 11) is 3.36. The van der Waals surface area contributed by atoms with Crippen molar-refractivity contribution in [2.45, 2.75) is 6.92 Å². The molecule has 0 radical (unpaired) electrons. The van der Waals surface area contributed by atoms with Gasteiger partial charge in [0.05, 0.1) is 22.3 Å². The van der Waals surface area contributed by atoms with Crippen molar-refractivity contribution in [3.8, 4) is 11.3 Å². The first-order valence-corrected chi connectivity index (χ1v) is 12.0. The number of rotatable bonds is 6. The summed E-state index contributed by atoms with van der Waals surface area (Å²) in [4.78, 5) is 40.7. The zero-order chi connectivity index (χ0) is 26.1. The minimum Gasteiger partial charge on any atom is -0.345 e. The minimum absolute atomic E-state index is 0.205. The Labute approximate surface area is 215 Å². The average molecular weight is 487 g/mol. The number of aromatic nitrogens is 1. The van der Waals surface area contributed by atoms with Crippen LogP contribution in [0.5, 0.6) is 0 Å². The summed E-state index contributed by atoms with van der Waals surface area (Å²) in [6, 6.07) is 26.7. The minimum atomic E-state index is -0.213. The predicted molar refractivity (Wildman–Crippen MR) is 148 cm³/mol. The molecule has 0 spiro atoms. The topological polar surface area (TPSA) is 58.9 Å². The Balaban J connectivity index is 1.99. The van der Waals surface area contributed by atoms with E-state index in [1.807, 2.05) is 84.1 Å². The van der Waals surface area contributed by atoms with Crippen molar-refractivity contribution < 1.29 is 14.4 Å². The lowest BCUT2D eigenvalue weighted by Crippen LogP contribution is -2.18. The van der Waals surface area contributed by atoms with E-state index in [4.69, 9.17) is 0 Å². The van der Waals surface area contributed by atoms with Gasteiger partial charge in [0.25, 0.3) is 0 Å². The number of nitrogens with zero attached hydrogens (tertiary/aromatic N) is 2. The highest BCUT2D eigenvalue weighted by Gasteiger charge is 2.27. The molecular formula is C32H26N2O3. The third-order valence-electron chi connectivity index (χ3n) is 6.52. The molecule has 2 heterocycles. The monoisotopic (exact) mass is 486 g/mol. The molecule has 2 aromatic heterocycles. The fraction of sp³-hybridized carbons (Fsp3) is 0.0938. The number of likely N-dealkylation sites (N-methyl/N-ethyl adjacent to an activating group) is 1. The van der Waals surface area contributed by atoms with Crippen LogP contribution in [0.1, 0.15) is 37.4 Å². The molecule has 5 nitrogen and oxygen atoms in total. The molecule has 5 aromatic rings. The van der Waals surface area contributed by atoms with Crippen molar-refractivity contribution in [2.75, 3.05) is 14.1 Å². The molecule has 0 aliphatic heterocycles. The van der Waals surface area contributed by atoms with Crippen LogP contribution < -0.4 is 0 Å². The number of aryl methyl sites for hydroxylation is 1. The first kappa shape index (κ1) is 23.9. The van der Waals surface area contributed by atoms with Gasteiger partial charge in [0.2, 0.25) is 5.91 Å². The van der Waals surface area contributed by atoms with E-state index in [0.717, 1.165) is 34.0 Å². The highest BCUT2D eigenvalue weighted by molar-refractivity contribution is 6.20. The molecule has 0 aliphatic carbocycles. The number of pyridine rings is 1. The van der Waals surface area contributed by atoms with Crippen LogP contribution in [0, 0.1) is 6.92 Å². The predicted octanol–water partition coefficient (Wildman–Crippen LogP) is 6.21. The van der Waals surface area contributed by atoms with Crippen LogP contribution in [0.3, 0.4) is 0 Å². The van der Waals surface area contributed by atoms with E-state index < -0.39 is 0 Å². The molecule has 0 N–H and O–H groups in total. The fourth-order valence-electron chi connectivity index (χ4n) is 4.67. The summed E-state index contributed by atoms with van der Waals surface area (Å²) < 4.78 is 1.98. The Kier molecular flexibility index (Phi) is 6.28. The van der Waals surface area contributed by atoms with Crippen molar-refractivity contribution in [1.29, 1.82) is 0 Å². The number of carbonyl (C=O) groups is 3. The Morgan fingerprint density at radius 3 is 2.22 bits per heavy atom. The van der Waals surface area contributed by atoms with Crippen molar-refractivity contribution in [3.05, 3.63) is 119 Å². The lowest BCUT2D eigenvalue weighted by Gasteiger charge is -2.10. The molecule has 0 fully saturated rings. The van der Waals surface area contributed by atoms with Crippen molar-refractivity contribution in [1.82, 2.24) is 9.30 Å². The van der Waals surface area contributed by atoms with Crippen LogP contribution in [-0.2, 0) is 4.79 Å². The zero-order valence-corrected chi connectivity index (χ0v) is 20.9. The van der Waals surface area contributed by atoms with Gasteiger partial charge in [-0.1, -0.05) is 78.4 Å². The summed E-state index contributed by atoms with van der Waals surface area (Å²) in [5.41, 5.74) is 5.93. The molecule has 0 atom stereocenters. The number of hydrogen-bond donors (Lipinski definition) is 0. The van der Waals surface area contributed by atoms with Gasteiger partial charge >= 0.3 is 0 Å². The van der Waals surface area contributed by atoms with Gasteiger partial charge in [-0.05, 0) is 36.1 Å². The van der Waals surface area contributed by atoms with Gasteiger partial charge in [-0.3, -0.25) is 14.4 Å². The van der Waals surface area contributed by atoms with Gasteiger partial charge in [-0.2, -0.15) is 0 Å². The van der Waals surface area contributed by atoms with Crippen molar-refractivity contribution in [2.24, 2.45) is 0 Å². The fourth-order valence-corrected chi connectivity index (χ4v) is 4.67. The van der Waals surface area contributed by atoms with Crippen LogP contribution in [0.4, 0.5) is 0 Å². The number of carbonyl (C=O) groups excluding carboxylic acids is 3. The SMILES string of the molecule is Cc1ccc(C(=O)c2c(/C=C/C(=O)N(C)C)c(-c3ccccc3)n3c2c(C=O)cc2ccccc23)cc1. The smallest absolute Gasteiger partial charge is 0.246 e. The molecule has 0 saturated heterocycles. The van der Waals surface area contributed by atoms with Crippen LogP contribution in [0.15, 0.2) is 91.0 Å². The molecule has 37 heavy (non-hydrogen) atoms. The number of aldehydes is 1. The molecular weight excluding hydrogens is 460 g/mol. The normalized spacial score (nSPS) is 11.3. The summed E-state index contributed by atoms with van der Waals surface area (Å²) >= 11 is 0. The van der Waals surface area contributed by atoms with E-state index in [1.165, 1.54) is 11.0 Å². The molecule has 0 aliphatic rings. The molecule has 182 valence electrons.